The lowest BCUT2D eigenvalue weighted by Gasteiger charge is -2.21. The molecule has 3 aliphatic rings. The Morgan fingerprint density at radius 2 is 1.83 bits per heavy atom. The zero-order chi connectivity index (χ0) is 25.9. The molecular weight excluding hydrogens is 436 g/mol. The van der Waals surface area contributed by atoms with Gasteiger partial charge in [0.15, 0.2) is 11.2 Å². The first-order chi connectivity index (χ1) is 16.8. The predicted octanol–water partition coefficient (Wildman–Crippen LogP) is 4.80. The van der Waals surface area contributed by atoms with Crippen LogP contribution in [0.3, 0.4) is 0 Å². The van der Waals surface area contributed by atoms with Gasteiger partial charge in [0.2, 0.25) is 0 Å². The van der Waals surface area contributed by atoms with E-state index in [0.717, 1.165) is 16.3 Å². The summed E-state index contributed by atoms with van der Waals surface area (Å²) in [4.78, 5) is 22.2. The van der Waals surface area contributed by atoms with Gasteiger partial charge in [0.05, 0.1) is 17.3 Å². The Labute approximate surface area is 207 Å². The van der Waals surface area contributed by atoms with Crippen LogP contribution in [-0.2, 0) is 4.79 Å². The van der Waals surface area contributed by atoms with Gasteiger partial charge in [-0.3, -0.25) is 14.4 Å². The van der Waals surface area contributed by atoms with Crippen molar-refractivity contribution in [1.82, 2.24) is 4.57 Å². The lowest BCUT2D eigenvalue weighted by molar-refractivity contribution is -0.125. The third-order valence-electron chi connectivity index (χ3n) is 5.68. The Morgan fingerprint density at radius 3 is 2.49 bits per heavy atom. The van der Waals surface area contributed by atoms with Crippen LogP contribution < -0.4 is 20.9 Å². The Balaban J connectivity index is 0.000000815. The van der Waals surface area contributed by atoms with E-state index >= 15 is 0 Å². The number of aryl methyl sites for hydroxylation is 1. The smallest absolute Gasteiger partial charge is 0.253 e. The summed E-state index contributed by atoms with van der Waals surface area (Å²) < 4.78 is 8.14. The van der Waals surface area contributed by atoms with Crippen molar-refractivity contribution in [3.8, 4) is 17.6 Å². The normalized spacial score (nSPS) is 18.4. The Kier molecular flexibility index (Phi) is 7.60. The lowest BCUT2D eigenvalue weighted by atomic mass is 9.96. The zero-order valence-corrected chi connectivity index (χ0v) is 21.9. The SMILES string of the molecule is CC.CC.Cc1ccc2c(c1)Oc1c(C#N)c(=NC(=O)C(C)(C)C)n3c(c1=C2)=NC1C=CC=CC13. The van der Waals surface area contributed by atoms with Crippen molar-refractivity contribution in [2.75, 3.05) is 0 Å². The van der Waals surface area contributed by atoms with Gasteiger partial charge in [0, 0.05) is 11.0 Å². The molecule has 35 heavy (non-hydrogen) atoms. The number of ether oxygens (including phenoxy) is 1. The predicted molar refractivity (Wildman–Crippen MR) is 139 cm³/mol. The molecule has 6 nitrogen and oxygen atoms in total. The van der Waals surface area contributed by atoms with Gasteiger partial charge in [-0.2, -0.15) is 10.3 Å². The van der Waals surface area contributed by atoms with Crippen LogP contribution in [0, 0.1) is 23.7 Å². The Hall–Kier alpha value is -3.72. The number of rotatable bonds is 0. The van der Waals surface area contributed by atoms with Gasteiger partial charge in [0.1, 0.15) is 22.9 Å². The maximum atomic E-state index is 12.9. The van der Waals surface area contributed by atoms with Crippen LogP contribution in [0.15, 0.2) is 52.5 Å². The molecule has 2 unspecified atom stereocenters. The van der Waals surface area contributed by atoms with Crippen molar-refractivity contribution in [2.24, 2.45) is 15.4 Å². The van der Waals surface area contributed by atoms with Crippen LogP contribution in [-0.4, -0.2) is 16.5 Å². The second kappa shape index (κ2) is 10.3. The molecular formula is C29H34N4O2. The standard InChI is InChI=1S/C25H22N4O2.2C2H6/c1-14-9-10-15-12-16-21(31-20(15)11-14)17(13-26)23(28-24(30)25(2,3)4)29-19-8-6-5-7-18(19)27-22(16)29;2*1-2/h5-12,18-19H,1-4H3;2*1-2H3. The van der Waals surface area contributed by atoms with Gasteiger partial charge in [0.25, 0.3) is 5.91 Å². The molecule has 1 aliphatic carbocycles. The lowest BCUT2D eigenvalue weighted by Crippen LogP contribution is -2.46. The second-order valence-electron chi connectivity index (χ2n) is 9.08. The Bertz CT molecular complexity index is 1440. The molecule has 0 bridgehead atoms. The van der Waals surface area contributed by atoms with Gasteiger partial charge >= 0.3 is 0 Å². The molecule has 5 rings (SSSR count). The molecule has 1 aromatic carbocycles. The number of pyridine rings is 1. The van der Waals surface area contributed by atoms with E-state index in [0.29, 0.717) is 22.5 Å². The number of aromatic nitrogens is 1. The fraction of sp³-hybridized carbons (Fsp3) is 0.379. The van der Waals surface area contributed by atoms with Crippen molar-refractivity contribution < 1.29 is 9.53 Å². The van der Waals surface area contributed by atoms with E-state index in [4.69, 9.17) is 9.73 Å². The highest BCUT2D eigenvalue weighted by atomic mass is 16.5. The first kappa shape index (κ1) is 25.9. The third kappa shape index (κ3) is 4.64. The summed E-state index contributed by atoms with van der Waals surface area (Å²) in [5, 5.41) is 10.9. The fourth-order valence-electron chi connectivity index (χ4n) is 4.01. The summed E-state index contributed by atoms with van der Waals surface area (Å²) in [6.45, 7) is 15.4. The van der Waals surface area contributed by atoms with Crippen LogP contribution in [0.1, 0.15) is 71.2 Å². The topological polar surface area (TPSA) is 79.7 Å². The van der Waals surface area contributed by atoms with Crippen LogP contribution in [0.4, 0.5) is 0 Å². The molecule has 1 aromatic heterocycles. The molecule has 2 aromatic rings. The molecule has 0 saturated heterocycles. The van der Waals surface area contributed by atoms with Crippen molar-refractivity contribution in [3.05, 3.63) is 75.4 Å². The molecule has 2 atom stereocenters. The summed E-state index contributed by atoms with van der Waals surface area (Å²) in [6.07, 6.45) is 9.97. The van der Waals surface area contributed by atoms with Crippen LogP contribution in [0.5, 0.6) is 11.5 Å². The summed E-state index contributed by atoms with van der Waals surface area (Å²) in [6, 6.07) is 7.96. The summed E-state index contributed by atoms with van der Waals surface area (Å²) in [5.74, 6) is 0.786. The quantitative estimate of drug-likeness (QED) is 0.473. The highest BCUT2D eigenvalue weighted by Gasteiger charge is 2.32. The van der Waals surface area contributed by atoms with E-state index in [2.05, 4.69) is 11.1 Å². The van der Waals surface area contributed by atoms with Crippen molar-refractivity contribution in [2.45, 2.75) is 67.5 Å². The summed E-state index contributed by atoms with van der Waals surface area (Å²) in [7, 11) is 0. The van der Waals surface area contributed by atoms with Crippen LogP contribution in [0.25, 0.3) is 6.08 Å². The maximum absolute atomic E-state index is 12.9. The minimum atomic E-state index is -0.676. The van der Waals surface area contributed by atoms with Crippen molar-refractivity contribution in [3.63, 3.8) is 0 Å². The van der Waals surface area contributed by atoms with E-state index in [1.165, 1.54) is 0 Å². The number of carbonyl (C=O) groups is 1. The third-order valence-corrected chi connectivity index (χ3v) is 5.68. The molecule has 1 amide bonds. The van der Waals surface area contributed by atoms with E-state index in [-0.39, 0.29) is 23.6 Å². The molecule has 2 aliphatic heterocycles. The zero-order valence-electron chi connectivity index (χ0n) is 21.9. The van der Waals surface area contributed by atoms with E-state index in [1.54, 1.807) is 0 Å². The first-order valence-corrected chi connectivity index (χ1v) is 12.3. The van der Waals surface area contributed by atoms with Gasteiger partial charge < -0.3 is 4.74 Å². The molecule has 0 fully saturated rings. The first-order valence-electron chi connectivity index (χ1n) is 12.3. The minimum absolute atomic E-state index is 0.116. The Morgan fingerprint density at radius 1 is 1.14 bits per heavy atom. The summed E-state index contributed by atoms with van der Waals surface area (Å²) in [5.41, 5.74) is 2.53. The number of nitriles is 1. The molecule has 6 heteroatoms. The van der Waals surface area contributed by atoms with Gasteiger partial charge in [-0.15, -0.1) is 0 Å². The number of amides is 1. The van der Waals surface area contributed by atoms with E-state index < -0.39 is 5.41 Å². The van der Waals surface area contributed by atoms with Gasteiger partial charge in [-0.05, 0) is 24.6 Å². The fourth-order valence-corrected chi connectivity index (χ4v) is 4.01. The second-order valence-corrected chi connectivity index (χ2v) is 9.08. The highest BCUT2D eigenvalue weighted by molar-refractivity contribution is 5.82. The molecule has 182 valence electrons. The molecule has 0 radical (unpaired) electrons. The molecule has 0 N–H and O–H groups in total. The number of fused-ring (bicyclic) bond motifs is 6. The number of benzene rings is 1. The van der Waals surface area contributed by atoms with Crippen molar-refractivity contribution in [1.29, 1.82) is 5.26 Å². The molecule has 3 heterocycles. The average molecular weight is 471 g/mol. The van der Waals surface area contributed by atoms with E-state index in [1.807, 2.05) is 109 Å². The number of allylic oxidation sites excluding steroid dienone is 2. The monoisotopic (exact) mass is 470 g/mol. The number of hydrogen-bond donors (Lipinski definition) is 0. The minimum Gasteiger partial charge on any atom is -0.454 e. The number of hydrogen-bond acceptors (Lipinski definition) is 4. The van der Waals surface area contributed by atoms with E-state index in [9.17, 15) is 10.1 Å². The van der Waals surface area contributed by atoms with Crippen LogP contribution >= 0.6 is 0 Å². The van der Waals surface area contributed by atoms with Crippen molar-refractivity contribution >= 4 is 12.0 Å². The van der Waals surface area contributed by atoms with Crippen LogP contribution in [0.2, 0.25) is 0 Å². The average Bonchev–Trinajstić information content (AvgIpc) is 3.25. The highest BCUT2D eigenvalue weighted by Crippen LogP contribution is 2.31. The maximum Gasteiger partial charge on any atom is 0.253 e. The number of nitrogens with zero attached hydrogens (tertiary/aromatic N) is 4. The molecule has 0 saturated carbocycles. The largest absolute Gasteiger partial charge is 0.454 e. The van der Waals surface area contributed by atoms with Gasteiger partial charge in [-0.25, -0.2) is 0 Å². The number of carbonyl (C=O) groups excluding carboxylic acids is 1. The summed E-state index contributed by atoms with van der Waals surface area (Å²) >= 11 is 0. The molecule has 0 spiro atoms. The van der Waals surface area contributed by atoms with Gasteiger partial charge in [-0.1, -0.05) is 84.9 Å².